The van der Waals surface area contributed by atoms with Crippen LogP contribution in [0.5, 0.6) is 0 Å². The zero-order chi connectivity index (χ0) is 12.0. The van der Waals surface area contributed by atoms with Crippen molar-refractivity contribution < 1.29 is 4.92 Å². The molecule has 0 saturated carbocycles. The standard InChI is InChI=1S/C9H13BrClN3O2/c10-5-3-1-2-4-6-13-7-8(14(15)16)12-9(13)11/h7H,1-6H2. The van der Waals surface area contributed by atoms with Crippen molar-refractivity contribution in [2.75, 3.05) is 5.33 Å². The van der Waals surface area contributed by atoms with Gasteiger partial charge in [0.1, 0.15) is 6.20 Å². The number of rotatable bonds is 7. The highest BCUT2D eigenvalue weighted by atomic mass is 79.9. The highest BCUT2D eigenvalue weighted by Gasteiger charge is 2.15. The molecular formula is C9H13BrClN3O2. The molecule has 0 unspecified atom stereocenters. The van der Waals surface area contributed by atoms with Gasteiger partial charge in [0.05, 0.1) is 0 Å². The van der Waals surface area contributed by atoms with Crippen LogP contribution in [-0.4, -0.2) is 19.8 Å². The van der Waals surface area contributed by atoms with Gasteiger partial charge in [0, 0.05) is 11.9 Å². The molecule has 1 heterocycles. The van der Waals surface area contributed by atoms with E-state index in [0.29, 0.717) is 6.54 Å². The van der Waals surface area contributed by atoms with Crippen molar-refractivity contribution in [3.63, 3.8) is 0 Å². The molecular weight excluding hydrogens is 297 g/mol. The summed E-state index contributed by atoms with van der Waals surface area (Å²) < 4.78 is 1.62. The normalized spacial score (nSPS) is 10.6. The molecule has 0 amide bonds. The van der Waals surface area contributed by atoms with E-state index in [1.165, 1.54) is 6.20 Å². The van der Waals surface area contributed by atoms with E-state index in [1.54, 1.807) is 4.57 Å². The number of alkyl halides is 1. The van der Waals surface area contributed by atoms with E-state index in [2.05, 4.69) is 20.9 Å². The Morgan fingerprint density at radius 1 is 1.44 bits per heavy atom. The first-order valence-electron chi connectivity index (χ1n) is 5.08. The summed E-state index contributed by atoms with van der Waals surface area (Å²) >= 11 is 9.14. The predicted octanol–water partition coefficient (Wildman–Crippen LogP) is 3.40. The molecule has 0 aromatic carbocycles. The molecule has 0 radical (unpaired) electrons. The molecule has 5 nitrogen and oxygen atoms in total. The van der Waals surface area contributed by atoms with Crippen LogP contribution in [-0.2, 0) is 6.54 Å². The third-order valence-electron chi connectivity index (χ3n) is 2.18. The molecule has 7 heteroatoms. The topological polar surface area (TPSA) is 61.0 Å². The first kappa shape index (κ1) is 13.4. The zero-order valence-electron chi connectivity index (χ0n) is 8.73. The highest BCUT2D eigenvalue weighted by molar-refractivity contribution is 9.09. The summed E-state index contributed by atoms with van der Waals surface area (Å²) in [6.45, 7) is 0.682. The van der Waals surface area contributed by atoms with Gasteiger partial charge >= 0.3 is 11.1 Å². The molecule has 0 N–H and O–H groups in total. The Kier molecular flexibility index (Phi) is 5.76. The largest absolute Gasteiger partial charge is 0.383 e. The van der Waals surface area contributed by atoms with Crippen molar-refractivity contribution in [3.05, 3.63) is 21.6 Å². The monoisotopic (exact) mass is 309 g/mol. The number of unbranched alkanes of at least 4 members (excludes halogenated alkanes) is 3. The van der Waals surface area contributed by atoms with Crippen LogP contribution in [0.2, 0.25) is 5.28 Å². The fraction of sp³-hybridized carbons (Fsp3) is 0.667. The maximum atomic E-state index is 10.4. The summed E-state index contributed by atoms with van der Waals surface area (Å²) in [5.41, 5.74) is 0. The summed E-state index contributed by atoms with van der Waals surface area (Å²) in [6, 6.07) is 0. The highest BCUT2D eigenvalue weighted by Crippen LogP contribution is 2.16. The number of halogens is 2. The lowest BCUT2D eigenvalue weighted by atomic mass is 10.2. The molecule has 90 valence electrons. The van der Waals surface area contributed by atoms with E-state index in [4.69, 9.17) is 11.6 Å². The Hall–Kier alpha value is -0.620. The lowest BCUT2D eigenvalue weighted by Crippen LogP contribution is -1.96. The van der Waals surface area contributed by atoms with Gasteiger partial charge in [0.2, 0.25) is 0 Å². The number of nitro groups is 1. The van der Waals surface area contributed by atoms with Gasteiger partial charge in [-0.2, -0.15) is 0 Å². The second-order valence-electron chi connectivity index (χ2n) is 3.42. The summed E-state index contributed by atoms with van der Waals surface area (Å²) in [5.74, 6) is -0.189. The lowest BCUT2D eigenvalue weighted by molar-refractivity contribution is -0.389. The summed E-state index contributed by atoms with van der Waals surface area (Å²) in [4.78, 5) is 13.6. The molecule has 0 atom stereocenters. The number of hydrogen-bond donors (Lipinski definition) is 0. The van der Waals surface area contributed by atoms with Crippen LogP contribution in [0.4, 0.5) is 5.82 Å². The molecule has 1 aromatic rings. The van der Waals surface area contributed by atoms with E-state index in [-0.39, 0.29) is 11.1 Å². The number of aromatic nitrogens is 2. The maximum absolute atomic E-state index is 10.4. The fourth-order valence-electron chi connectivity index (χ4n) is 1.36. The van der Waals surface area contributed by atoms with Crippen molar-refractivity contribution in [2.24, 2.45) is 0 Å². The van der Waals surface area contributed by atoms with Crippen LogP contribution in [0.1, 0.15) is 25.7 Å². The smallest absolute Gasteiger partial charge is 0.358 e. The van der Waals surface area contributed by atoms with Crippen LogP contribution in [0.3, 0.4) is 0 Å². The Bertz CT molecular complexity index is 357. The molecule has 0 spiro atoms. The van der Waals surface area contributed by atoms with Crippen molar-refractivity contribution in [1.29, 1.82) is 0 Å². The Morgan fingerprint density at radius 3 is 2.69 bits per heavy atom. The first-order valence-corrected chi connectivity index (χ1v) is 6.58. The molecule has 0 aliphatic heterocycles. The van der Waals surface area contributed by atoms with Crippen molar-refractivity contribution in [3.8, 4) is 0 Å². The van der Waals surface area contributed by atoms with Crippen LogP contribution in [0.15, 0.2) is 6.20 Å². The minimum Gasteiger partial charge on any atom is -0.358 e. The molecule has 0 saturated heterocycles. The second-order valence-corrected chi connectivity index (χ2v) is 4.55. The molecule has 0 aliphatic carbocycles. The minimum atomic E-state index is -0.535. The van der Waals surface area contributed by atoms with Crippen molar-refractivity contribution in [2.45, 2.75) is 32.2 Å². The third-order valence-corrected chi connectivity index (χ3v) is 3.05. The molecule has 1 aromatic heterocycles. The van der Waals surface area contributed by atoms with Crippen molar-refractivity contribution >= 4 is 33.3 Å². The fourth-order valence-corrected chi connectivity index (χ4v) is 1.97. The van der Waals surface area contributed by atoms with Gasteiger partial charge < -0.3 is 10.1 Å². The summed E-state index contributed by atoms with van der Waals surface area (Å²) in [7, 11) is 0. The Labute approximate surface area is 107 Å². The van der Waals surface area contributed by atoms with Crippen LogP contribution >= 0.6 is 27.5 Å². The zero-order valence-corrected chi connectivity index (χ0v) is 11.1. The number of imidazole rings is 1. The molecule has 16 heavy (non-hydrogen) atoms. The van der Waals surface area contributed by atoms with Crippen molar-refractivity contribution in [1.82, 2.24) is 9.55 Å². The van der Waals surface area contributed by atoms with Gasteiger partial charge in [-0.25, -0.2) is 0 Å². The van der Waals surface area contributed by atoms with E-state index in [1.807, 2.05) is 0 Å². The Morgan fingerprint density at radius 2 is 2.12 bits per heavy atom. The van der Waals surface area contributed by atoms with E-state index in [9.17, 15) is 10.1 Å². The first-order chi connectivity index (χ1) is 7.65. The van der Waals surface area contributed by atoms with Gasteiger partial charge in [-0.1, -0.05) is 28.8 Å². The van der Waals surface area contributed by atoms with Gasteiger partial charge in [-0.15, -0.1) is 0 Å². The van der Waals surface area contributed by atoms with Gasteiger partial charge in [-0.3, -0.25) is 4.57 Å². The van der Waals surface area contributed by atoms with Crippen LogP contribution in [0.25, 0.3) is 0 Å². The van der Waals surface area contributed by atoms with E-state index >= 15 is 0 Å². The number of nitrogens with zero attached hydrogens (tertiary/aromatic N) is 3. The summed E-state index contributed by atoms with van der Waals surface area (Å²) in [6.07, 6.45) is 5.73. The summed E-state index contributed by atoms with van der Waals surface area (Å²) in [5, 5.41) is 11.7. The van der Waals surface area contributed by atoms with Crippen LogP contribution < -0.4 is 0 Å². The quantitative estimate of drug-likeness (QED) is 0.335. The molecule has 0 fully saturated rings. The number of hydrogen-bond acceptors (Lipinski definition) is 3. The average molecular weight is 311 g/mol. The average Bonchev–Trinajstić information content (AvgIpc) is 2.60. The maximum Gasteiger partial charge on any atom is 0.383 e. The SMILES string of the molecule is O=[N+]([O-])c1cn(CCCCCCBr)c(Cl)n1. The minimum absolute atomic E-state index is 0.187. The molecule has 0 aliphatic rings. The Balaban J connectivity index is 2.39. The second kappa shape index (κ2) is 6.85. The van der Waals surface area contributed by atoms with E-state index in [0.717, 1.165) is 31.0 Å². The predicted molar refractivity (Wildman–Crippen MR) is 66.2 cm³/mol. The molecule has 1 rings (SSSR count). The molecule has 0 bridgehead atoms. The van der Waals surface area contributed by atoms with Gasteiger partial charge in [0.25, 0.3) is 0 Å². The number of aryl methyl sites for hydroxylation is 1. The van der Waals surface area contributed by atoms with E-state index < -0.39 is 4.92 Å². The van der Waals surface area contributed by atoms with Crippen LogP contribution in [0, 0.1) is 10.1 Å². The lowest BCUT2D eigenvalue weighted by Gasteiger charge is -2.00. The van der Waals surface area contributed by atoms with Gasteiger partial charge in [0.15, 0.2) is 0 Å². The third kappa shape index (κ3) is 4.09. The van der Waals surface area contributed by atoms with Gasteiger partial charge in [-0.05, 0) is 34.3 Å².